The maximum absolute atomic E-state index is 13.4. The van der Waals surface area contributed by atoms with Gasteiger partial charge >= 0.3 is 0 Å². The smallest absolute Gasteiger partial charge is 0.252 e. The van der Waals surface area contributed by atoms with Crippen LogP contribution in [0.5, 0.6) is 0 Å². The van der Waals surface area contributed by atoms with Crippen molar-refractivity contribution in [3.05, 3.63) is 59.5 Å². The number of pyridine rings is 1. The first-order chi connectivity index (χ1) is 15.9. The van der Waals surface area contributed by atoms with E-state index in [1.807, 2.05) is 17.0 Å². The third-order valence-electron chi connectivity index (χ3n) is 5.95. The first-order valence-electron chi connectivity index (χ1n) is 10.3. The minimum atomic E-state index is -3.84. The summed E-state index contributed by atoms with van der Waals surface area (Å²) in [5, 5.41) is 12.4. The number of aldehydes is 1. The first kappa shape index (κ1) is 22.5. The average molecular weight is 505 g/mol. The number of rotatable bonds is 6. The number of halogens is 1. The fourth-order valence-electron chi connectivity index (χ4n) is 4.27. The zero-order chi connectivity index (χ0) is 23.2. The highest BCUT2D eigenvalue weighted by atomic mass is 35.5. The molecule has 1 fully saturated rings. The molecule has 0 radical (unpaired) electrons. The van der Waals surface area contributed by atoms with Gasteiger partial charge in [0, 0.05) is 64.4 Å². The van der Waals surface area contributed by atoms with E-state index in [-0.39, 0.29) is 23.9 Å². The molecule has 0 aliphatic carbocycles. The van der Waals surface area contributed by atoms with Crippen LogP contribution in [0.2, 0.25) is 5.02 Å². The van der Waals surface area contributed by atoms with Gasteiger partial charge in [0.1, 0.15) is 10.5 Å². The van der Waals surface area contributed by atoms with Gasteiger partial charge in [-0.1, -0.05) is 17.7 Å². The Balaban J connectivity index is 1.42. The fraction of sp³-hybridized carbons (Fsp3) is 0.273. The van der Waals surface area contributed by atoms with Crippen LogP contribution >= 0.6 is 22.9 Å². The van der Waals surface area contributed by atoms with Gasteiger partial charge < -0.3 is 14.9 Å². The summed E-state index contributed by atoms with van der Waals surface area (Å²) in [6.45, 7) is 0.192. The minimum absolute atomic E-state index is 0.0130. The van der Waals surface area contributed by atoms with Crippen LogP contribution in [0.1, 0.15) is 5.69 Å². The van der Waals surface area contributed by atoms with Crippen molar-refractivity contribution in [2.75, 3.05) is 19.7 Å². The monoisotopic (exact) mass is 504 g/mol. The summed E-state index contributed by atoms with van der Waals surface area (Å²) in [6.07, 6.45) is 4.19. The molecule has 3 aromatic heterocycles. The zero-order valence-corrected chi connectivity index (χ0v) is 19.8. The highest BCUT2D eigenvalue weighted by Crippen LogP contribution is 2.34. The Bertz CT molecular complexity index is 1400. The van der Waals surface area contributed by atoms with Crippen LogP contribution < -0.4 is 0 Å². The lowest BCUT2D eigenvalue weighted by Crippen LogP contribution is -2.61. The summed E-state index contributed by atoms with van der Waals surface area (Å²) in [4.78, 5) is 21.3. The molecule has 8 nitrogen and oxygen atoms in total. The molecule has 0 bridgehead atoms. The number of aromatic nitrogens is 2. The van der Waals surface area contributed by atoms with Gasteiger partial charge in [0.05, 0.1) is 12.6 Å². The van der Waals surface area contributed by atoms with Crippen molar-refractivity contribution >= 4 is 60.2 Å². The van der Waals surface area contributed by atoms with Crippen LogP contribution in [0.4, 0.5) is 0 Å². The number of aliphatic hydroxyl groups is 1. The van der Waals surface area contributed by atoms with Crippen molar-refractivity contribution in [1.29, 1.82) is 0 Å². The van der Waals surface area contributed by atoms with Gasteiger partial charge in [-0.3, -0.25) is 9.88 Å². The predicted molar refractivity (Wildman–Crippen MR) is 128 cm³/mol. The van der Waals surface area contributed by atoms with E-state index in [4.69, 9.17) is 11.6 Å². The Hall–Kier alpha value is -2.34. The lowest BCUT2D eigenvalue weighted by molar-refractivity contribution is -0.116. The van der Waals surface area contributed by atoms with Crippen molar-refractivity contribution in [3.8, 4) is 0 Å². The lowest BCUT2D eigenvalue weighted by Gasteiger charge is -2.43. The normalized spacial score (nSPS) is 20.5. The van der Waals surface area contributed by atoms with E-state index >= 15 is 0 Å². The number of nitrogens with zero attached hydrogens (tertiary/aromatic N) is 3. The molecule has 1 aliphatic rings. The summed E-state index contributed by atoms with van der Waals surface area (Å²) in [5.74, 6) is 0. The molecule has 0 saturated carbocycles. The Morgan fingerprint density at radius 2 is 2.06 bits per heavy atom. The van der Waals surface area contributed by atoms with Crippen molar-refractivity contribution in [2.45, 2.75) is 22.8 Å². The highest BCUT2D eigenvalue weighted by molar-refractivity contribution is 7.91. The Labute approximate surface area is 199 Å². The van der Waals surface area contributed by atoms with E-state index < -0.39 is 22.1 Å². The SMILES string of the molecule is O=CC1CN(S(=O)(=O)c2cc3ccc(Cl)cc3s2)C[C@H](CO)N1Cc1cc2cnccc2[nH]1. The van der Waals surface area contributed by atoms with Crippen molar-refractivity contribution in [2.24, 2.45) is 0 Å². The molecule has 0 amide bonds. The molecule has 1 saturated heterocycles. The Kier molecular flexibility index (Phi) is 5.98. The number of fused-ring (bicyclic) bond motifs is 2. The second kappa shape index (κ2) is 8.79. The van der Waals surface area contributed by atoms with Crippen LogP contribution in [0.25, 0.3) is 21.0 Å². The number of thiophene rings is 1. The minimum Gasteiger partial charge on any atom is -0.395 e. The zero-order valence-electron chi connectivity index (χ0n) is 17.4. The summed E-state index contributed by atoms with van der Waals surface area (Å²) in [6, 6.07) is 9.45. The third-order valence-corrected chi connectivity index (χ3v) is 9.57. The van der Waals surface area contributed by atoms with Gasteiger partial charge in [0.25, 0.3) is 10.0 Å². The van der Waals surface area contributed by atoms with E-state index in [9.17, 15) is 18.3 Å². The van der Waals surface area contributed by atoms with E-state index in [1.54, 1.807) is 36.7 Å². The molecule has 172 valence electrons. The van der Waals surface area contributed by atoms with Gasteiger partial charge in [-0.05, 0) is 35.7 Å². The van der Waals surface area contributed by atoms with Crippen molar-refractivity contribution in [3.63, 3.8) is 0 Å². The number of hydrogen-bond acceptors (Lipinski definition) is 7. The number of carbonyl (C=O) groups is 1. The molecule has 5 rings (SSSR count). The lowest BCUT2D eigenvalue weighted by atomic mass is 10.1. The molecule has 1 unspecified atom stereocenters. The van der Waals surface area contributed by atoms with Crippen molar-refractivity contribution in [1.82, 2.24) is 19.2 Å². The second-order valence-electron chi connectivity index (χ2n) is 8.04. The fourth-order valence-corrected chi connectivity index (χ4v) is 7.60. The highest BCUT2D eigenvalue weighted by Gasteiger charge is 2.40. The number of piperazine rings is 1. The van der Waals surface area contributed by atoms with Gasteiger partial charge in [-0.15, -0.1) is 11.3 Å². The van der Waals surface area contributed by atoms with Gasteiger partial charge in [-0.25, -0.2) is 8.42 Å². The number of aliphatic hydroxyl groups excluding tert-OH is 1. The molecule has 4 aromatic rings. The number of carbonyl (C=O) groups excluding carboxylic acids is 1. The molecule has 4 heterocycles. The number of aromatic amines is 1. The maximum Gasteiger partial charge on any atom is 0.252 e. The van der Waals surface area contributed by atoms with E-state index in [0.29, 0.717) is 11.6 Å². The predicted octanol–water partition coefficient (Wildman–Crippen LogP) is 2.87. The number of sulfonamides is 1. The quantitative estimate of drug-likeness (QED) is 0.391. The second-order valence-corrected chi connectivity index (χ2v) is 11.7. The maximum atomic E-state index is 13.4. The molecule has 0 spiro atoms. The largest absolute Gasteiger partial charge is 0.395 e. The summed E-state index contributed by atoms with van der Waals surface area (Å²) < 4.78 is 29.1. The molecule has 33 heavy (non-hydrogen) atoms. The Morgan fingerprint density at radius 1 is 1.21 bits per heavy atom. The van der Waals surface area contributed by atoms with E-state index in [0.717, 1.165) is 44.3 Å². The molecule has 2 atom stereocenters. The summed E-state index contributed by atoms with van der Waals surface area (Å²) in [5.41, 5.74) is 1.79. The van der Waals surface area contributed by atoms with Gasteiger partial charge in [0.15, 0.2) is 0 Å². The standard InChI is InChI=1S/C22H21ClN4O4S2/c23-16-2-1-14-6-22(32-21(14)7-16)33(30,31)26-10-18(12-28)27(19(11-26)13-29)9-17-5-15-8-24-4-3-20(15)25-17/h1-8,12,18-19,25,29H,9-11,13H2/t18?,19-/m1/s1. The van der Waals surface area contributed by atoms with Crippen molar-refractivity contribution < 1.29 is 18.3 Å². The molecule has 2 N–H and O–H groups in total. The molecule has 11 heteroatoms. The van der Waals surface area contributed by atoms with Gasteiger partial charge in [-0.2, -0.15) is 4.31 Å². The van der Waals surface area contributed by atoms with Crippen LogP contribution in [0.15, 0.2) is 53.0 Å². The number of benzene rings is 1. The van der Waals surface area contributed by atoms with Crippen LogP contribution in [0, 0.1) is 0 Å². The third kappa shape index (κ3) is 4.18. The number of H-pyrrole nitrogens is 1. The molecule has 1 aromatic carbocycles. The Morgan fingerprint density at radius 3 is 2.82 bits per heavy atom. The first-order valence-corrected chi connectivity index (χ1v) is 13.0. The summed E-state index contributed by atoms with van der Waals surface area (Å²) >= 11 is 7.19. The van der Waals surface area contributed by atoms with Gasteiger partial charge in [0.2, 0.25) is 0 Å². The topological polar surface area (TPSA) is 107 Å². The van der Waals surface area contributed by atoms with E-state index in [2.05, 4.69) is 9.97 Å². The summed E-state index contributed by atoms with van der Waals surface area (Å²) in [7, 11) is -3.84. The van der Waals surface area contributed by atoms with Crippen LogP contribution in [-0.4, -0.2) is 70.8 Å². The average Bonchev–Trinajstić information content (AvgIpc) is 3.42. The van der Waals surface area contributed by atoms with Crippen LogP contribution in [-0.2, 0) is 21.4 Å². The number of nitrogens with one attached hydrogen (secondary N) is 1. The van der Waals surface area contributed by atoms with E-state index in [1.165, 1.54) is 4.31 Å². The molecular formula is C22H21ClN4O4S2. The number of hydrogen-bond donors (Lipinski definition) is 2. The molecular weight excluding hydrogens is 484 g/mol. The molecule has 1 aliphatic heterocycles. The van der Waals surface area contributed by atoms with Crippen LogP contribution in [0.3, 0.4) is 0 Å².